The zero-order valence-corrected chi connectivity index (χ0v) is 22.7. The molecule has 0 atom stereocenters. The summed E-state index contributed by atoms with van der Waals surface area (Å²) in [7, 11) is 0. The van der Waals surface area contributed by atoms with Gasteiger partial charge in [-0.3, -0.25) is 0 Å². The first-order chi connectivity index (χ1) is 16.1. The third kappa shape index (κ3) is 5.31. The standard InChI is InChI=1S/C31H40BrP/c1-2-3-7-14-27-21-23-28(24-22-27)25-26-33(32,29-15-8-4-9-16-29,30-17-10-5-11-18-30)31-19-12-6-13-20-31/h4-6,8-13,15-20,27-28H,2-3,7,14,21-26H2,1H3. The molecule has 0 saturated heterocycles. The van der Waals surface area contributed by atoms with Crippen molar-refractivity contribution in [3.05, 3.63) is 91.0 Å². The summed E-state index contributed by atoms with van der Waals surface area (Å²) in [4.78, 5) is 0. The zero-order valence-electron chi connectivity index (χ0n) is 20.2. The summed E-state index contributed by atoms with van der Waals surface area (Å²) in [6, 6.07) is 33.9. The molecule has 1 aliphatic carbocycles. The number of hydrogen-bond donors (Lipinski definition) is 0. The first kappa shape index (κ1) is 24.7. The van der Waals surface area contributed by atoms with Crippen molar-refractivity contribution in [2.24, 2.45) is 11.8 Å². The van der Waals surface area contributed by atoms with Crippen LogP contribution in [-0.4, -0.2) is 6.16 Å². The van der Waals surface area contributed by atoms with Crippen LogP contribution in [0.1, 0.15) is 64.7 Å². The number of hydrogen-bond acceptors (Lipinski definition) is 0. The Morgan fingerprint density at radius 2 is 1.00 bits per heavy atom. The van der Waals surface area contributed by atoms with Crippen LogP contribution in [0.2, 0.25) is 0 Å². The summed E-state index contributed by atoms with van der Waals surface area (Å²) >= 11 is 4.63. The first-order valence-electron chi connectivity index (χ1n) is 13.0. The van der Waals surface area contributed by atoms with Crippen LogP contribution in [0.15, 0.2) is 91.0 Å². The summed E-state index contributed by atoms with van der Waals surface area (Å²) in [6.45, 7) is 2.31. The summed E-state index contributed by atoms with van der Waals surface area (Å²) in [5, 5.41) is 1.60. The summed E-state index contributed by atoms with van der Waals surface area (Å²) in [5.74, 6) is 1.83. The van der Waals surface area contributed by atoms with E-state index in [0.717, 1.165) is 11.8 Å². The van der Waals surface area contributed by atoms with Crippen LogP contribution in [0.25, 0.3) is 0 Å². The maximum absolute atomic E-state index is 4.63. The van der Waals surface area contributed by atoms with Crippen LogP contribution in [0.4, 0.5) is 0 Å². The van der Waals surface area contributed by atoms with Gasteiger partial charge in [0, 0.05) is 0 Å². The van der Waals surface area contributed by atoms with Crippen molar-refractivity contribution in [2.45, 2.75) is 64.7 Å². The molecule has 0 bridgehead atoms. The molecule has 0 unspecified atom stereocenters. The Kier molecular flexibility index (Phi) is 8.48. The molecule has 3 aromatic carbocycles. The van der Waals surface area contributed by atoms with Gasteiger partial charge in [0.05, 0.1) is 0 Å². The molecule has 0 heterocycles. The fourth-order valence-corrected chi connectivity index (χ4v) is 13.6. The van der Waals surface area contributed by atoms with Crippen LogP contribution < -0.4 is 15.9 Å². The average Bonchev–Trinajstić information content (AvgIpc) is 2.90. The molecule has 0 spiro atoms. The second kappa shape index (κ2) is 11.3. The Morgan fingerprint density at radius 3 is 1.39 bits per heavy atom. The molecule has 3 aromatic rings. The third-order valence-electron chi connectivity index (χ3n) is 8.02. The van der Waals surface area contributed by atoms with Crippen LogP contribution in [0, 0.1) is 11.8 Å². The molecule has 176 valence electrons. The maximum atomic E-state index is 4.63. The van der Waals surface area contributed by atoms with E-state index in [9.17, 15) is 0 Å². The van der Waals surface area contributed by atoms with Crippen LogP contribution in [0.5, 0.6) is 0 Å². The van der Waals surface area contributed by atoms with Crippen molar-refractivity contribution in [3.63, 3.8) is 0 Å². The Balaban J connectivity index is 1.64. The molecular formula is C31H40BrP. The van der Waals surface area contributed by atoms with E-state index < -0.39 is 5.31 Å². The SMILES string of the molecule is CCCCCC1CCC(CCP(Br)(c2ccccc2)(c2ccccc2)c2ccccc2)CC1. The Hall–Kier alpha value is -1.43. The van der Waals surface area contributed by atoms with Crippen molar-refractivity contribution < 1.29 is 0 Å². The third-order valence-corrected chi connectivity index (χ3v) is 18.0. The predicted octanol–water partition coefficient (Wildman–Crippen LogP) is 8.60. The van der Waals surface area contributed by atoms with Gasteiger partial charge in [-0.1, -0.05) is 0 Å². The predicted molar refractivity (Wildman–Crippen MR) is 153 cm³/mol. The van der Waals surface area contributed by atoms with Gasteiger partial charge in [-0.2, -0.15) is 0 Å². The van der Waals surface area contributed by atoms with Crippen molar-refractivity contribution in [1.82, 2.24) is 0 Å². The van der Waals surface area contributed by atoms with Gasteiger partial charge in [-0.15, -0.1) is 0 Å². The van der Waals surface area contributed by atoms with Crippen LogP contribution in [0.3, 0.4) is 0 Å². The van der Waals surface area contributed by atoms with E-state index in [1.165, 1.54) is 79.9 Å². The molecule has 0 N–H and O–H groups in total. The van der Waals surface area contributed by atoms with E-state index in [1.54, 1.807) is 0 Å². The summed E-state index contributed by atoms with van der Waals surface area (Å²) in [6.07, 6.45) is 13.8. The normalized spacial score (nSPS) is 20.1. The monoisotopic (exact) mass is 522 g/mol. The van der Waals surface area contributed by atoms with Gasteiger partial charge >= 0.3 is 210 Å². The second-order valence-electron chi connectivity index (χ2n) is 10.1. The van der Waals surface area contributed by atoms with Gasteiger partial charge < -0.3 is 0 Å². The number of rotatable bonds is 10. The van der Waals surface area contributed by atoms with E-state index in [2.05, 4.69) is 113 Å². The molecule has 0 aliphatic heterocycles. The fourth-order valence-electron chi connectivity index (χ4n) is 5.97. The van der Waals surface area contributed by atoms with Crippen molar-refractivity contribution in [3.8, 4) is 0 Å². The fraction of sp³-hybridized carbons (Fsp3) is 0.419. The Morgan fingerprint density at radius 1 is 0.606 bits per heavy atom. The zero-order chi connectivity index (χ0) is 23.0. The first-order valence-corrected chi connectivity index (χ1v) is 17.5. The molecule has 33 heavy (non-hydrogen) atoms. The van der Waals surface area contributed by atoms with Gasteiger partial charge in [0.25, 0.3) is 0 Å². The molecule has 2 heteroatoms. The molecular weight excluding hydrogens is 483 g/mol. The summed E-state index contributed by atoms with van der Waals surface area (Å²) in [5.41, 5.74) is 0. The van der Waals surface area contributed by atoms with E-state index >= 15 is 0 Å². The molecule has 4 rings (SSSR count). The van der Waals surface area contributed by atoms with Crippen molar-refractivity contribution in [2.75, 3.05) is 6.16 Å². The number of unbranched alkanes of at least 4 members (excludes halogenated alkanes) is 2. The number of halogens is 1. The van der Waals surface area contributed by atoms with E-state index in [4.69, 9.17) is 0 Å². The molecule has 0 aromatic heterocycles. The van der Waals surface area contributed by atoms with Crippen LogP contribution in [-0.2, 0) is 0 Å². The average molecular weight is 524 g/mol. The van der Waals surface area contributed by atoms with Gasteiger partial charge in [0.1, 0.15) is 0 Å². The van der Waals surface area contributed by atoms with E-state index in [0.29, 0.717) is 0 Å². The molecule has 1 fully saturated rings. The molecule has 1 aliphatic rings. The van der Waals surface area contributed by atoms with Gasteiger partial charge in [0.2, 0.25) is 0 Å². The van der Waals surface area contributed by atoms with Gasteiger partial charge in [-0.05, 0) is 0 Å². The Bertz CT molecular complexity index is 862. The Labute approximate surface area is 209 Å². The quantitative estimate of drug-likeness (QED) is 0.184. The molecule has 1 saturated carbocycles. The van der Waals surface area contributed by atoms with Gasteiger partial charge in [0.15, 0.2) is 0 Å². The molecule has 0 amide bonds. The minimum absolute atomic E-state index is 0.850. The van der Waals surface area contributed by atoms with Gasteiger partial charge in [-0.25, -0.2) is 0 Å². The molecule has 0 nitrogen and oxygen atoms in total. The van der Waals surface area contributed by atoms with E-state index in [-0.39, 0.29) is 0 Å². The van der Waals surface area contributed by atoms with Crippen molar-refractivity contribution in [1.29, 1.82) is 0 Å². The van der Waals surface area contributed by atoms with E-state index in [1.807, 2.05) is 0 Å². The summed E-state index contributed by atoms with van der Waals surface area (Å²) < 4.78 is 0. The molecule has 0 radical (unpaired) electrons. The van der Waals surface area contributed by atoms with Crippen LogP contribution >= 0.6 is 20.8 Å². The second-order valence-corrected chi connectivity index (χ2v) is 19.1. The van der Waals surface area contributed by atoms with Crippen molar-refractivity contribution >= 4 is 36.7 Å². The topological polar surface area (TPSA) is 0 Å². The number of benzene rings is 3. The minimum atomic E-state index is -2.75.